The molecule has 2 aliphatic rings. The van der Waals surface area contributed by atoms with E-state index in [9.17, 15) is 19.6 Å². The Labute approximate surface area is 366 Å². The van der Waals surface area contributed by atoms with Gasteiger partial charge in [-0.15, -0.1) is 0 Å². The Morgan fingerprint density at radius 3 is 1.62 bits per heavy atom. The summed E-state index contributed by atoms with van der Waals surface area (Å²) < 4.78 is 69.2. The number of benzene rings is 4. The third-order valence-electron chi connectivity index (χ3n) is 10.3. The maximum absolute atomic E-state index is 12.8. The predicted molar refractivity (Wildman–Crippen MR) is 223 cm³/mol. The molecule has 334 valence electrons. The third kappa shape index (κ3) is 13.5. The summed E-state index contributed by atoms with van der Waals surface area (Å²) in [4.78, 5) is 37.5. The van der Waals surface area contributed by atoms with Crippen molar-refractivity contribution in [1.29, 1.82) is 5.26 Å². The molecule has 0 saturated carbocycles. The summed E-state index contributed by atoms with van der Waals surface area (Å²) in [6.45, 7) is 3.69. The van der Waals surface area contributed by atoms with Crippen LogP contribution < -0.4 is 0 Å². The van der Waals surface area contributed by atoms with Gasteiger partial charge >= 0.3 is 17.9 Å². The van der Waals surface area contributed by atoms with Crippen molar-refractivity contribution < 1.29 is 66.5 Å². The standard InChI is InChI=1S/C48H53NO14/c1-31(50)55-30-40-42(59-32(2)51)44(46(60-33(3)52)47(53-4)61-40)63-48-45(58-28-38-23-15-14-22-37(38)24-49)43(57-27-36-20-12-7-13-21-36)41(56-26-35-18-10-6-11-19-35)39(62-48)29-54-25-34-16-8-5-9-17-34/h5-23,39-48H,25-30H2,1-4H3/t39-,40-,41-,42-,43+,44+,45-,46-,47+,48-/m1/s1. The van der Waals surface area contributed by atoms with Crippen LogP contribution in [0.5, 0.6) is 0 Å². The highest BCUT2D eigenvalue weighted by Crippen LogP contribution is 2.36. The largest absolute Gasteiger partial charge is 0.463 e. The van der Waals surface area contributed by atoms with Crippen LogP contribution in [0.4, 0.5) is 0 Å². The monoisotopic (exact) mass is 867 g/mol. The molecule has 4 aromatic rings. The summed E-state index contributed by atoms with van der Waals surface area (Å²) in [5.41, 5.74) is 3.65. The molecule has 0 unspecified atom stereocenters. The number of nitriles is 1. The van der Waals surface area contributed by atoms with Gasteiger partial charge in [-0.3, -0.25) is 14.4 Å². The van der Waals surface area contributed by atoms with Crippen molar-refractivity contribution in [1.82, 2.24) is 0 Å². The van der Waals surface area contributed by atoms with Crippen LogP contribution >= 0.6 is 0 Å². The molecule has 2 saturated heterocycles. The second-order valence-corrected chi connectivity index (χ2v) is 14.9. The van der Waals surface area contributed by atoms with Gasteiger partial charge in [0.25, 0.3) is 0 Å². The summed E-state index contributed by atoms with van der Waals surface area (Å²) in [5.74, 6) is -2.05. The lowest BCUT2D eigenvalue weighted by atomic mass is 9.95. The molecule has 10 atom stereocenters. The van der Waals surface area contributed by atoms with Crippen LogP contribution in [0.1, 0.15) is 48.6 Å². The van der Waals surface area contributed by atoms with Crippen molar-refractivity contribution in [3.05, 3.63) is 143 Å². The van der Waals surface area contributed by atoms with Crippen LogP contribution in [0, 0.1) is 11.3 Å². The zero-order valence-corrected chi connectivity index (χ0v) is 35.6. The van der Waals surface area contributed by atoms with Crippen molar-refractivity contribution in [2.75, 3.05) is 20.3 Å². The van der Waals surface area contributed by atoms with E-state index in [-0.39, 0.29) is 39.6 Å². The van der Waals surface area contributed by atoms with Crippen molar-refractivity contribution in [3.63, 3.8) is 0 Å². The van der Waals surface area contributed by atoms with E-state index in [0.717, 1.165) is 16.7 Å². The van der Waals surface area contributed by atoms with Gasteiger partial charge in [-0.05, 0) is 28.3 Å². The Morgan fingerprint density at radius 2 is 1.05 bits per heavy atom. The topological polar surface area (TPSA) is 177 Å². The average molecular weight is 868 g/mol. The summed E-state index contributed by atoms with van der Waals surface area (Å²) in [6, 6.07) is 38.1. The highest BCUT2D eigenvalue weighted by molar-refractivity contribution is 5.67. The number of hydrogen-bond acceptors (Lipinski definition) is 15. The summed E-state index contributed by atoms with van der Waals surface area (Å²) >= 11 is 0. The molecule has 63 heavy (non-hydrogen) atoms. The Kier molecular flexibility index (Phi) is 17.7. The van der Waals surface area contributed by atoms with E-state index in [4.69, 9.17) is 52.1 Å². The number of carbonyl (C=O) groups is 3. The van der Waals surface area contributed by atoms with Gasteiger partial charge in [-0.25, -0.2) is 0 Å². The van der Waals surface area contributed by atoms with Gasteiger partial charge in [0.15, 0.2) is 24.8 Å². The summed E-state index contributed by atoms with van der Waals surface area (Å²) in [7, 11) is 1.34. The molecule has 0 bridgehead atoms. The Balaban J connectivity index is 1.45. The molecular formula is C48H53NO14. The number of carbonyl (C=O) groups excluding carboxylic acids is 3. The van der Waals surface area contributed by atoms with Gasteiger partial charge in [0.2, 0.25) is 0 Å². The fraction of sp³-hybridized carbons (Fsp3) is 0.417. The van der Waals surface area contributed by atoms with Crippen LogP contribution in [-0.4, -0.2) is 99.6 Å². The van der Waals surface area contributed by atoms with Gasteiger partial charge in [0.05, 0.1) is 44.7 Å². The van der Waals surface area contributed by atoms with Gasteiger partial charge in [0, 0.05) is 27.9 Å². The predicted octanol–water partition coefficient (Wildman–Crippen LogP) is 5.74. The first-order valence-electron chi connectivity index (χ1n) is 20.6. The first-order valence-corrected chi connectivity index (χ1v) is 20.6. The molecule has 15 nitrogen and oxygen atoms in total. The Bertz CT molecular complexity index is 2080. The van der Waals surface area contributed by atoms with Crippen LogP contribution in [0.25, 0.3) is 0 Å². The highest BCUT2D eigenvalue weighted by Gasteiger charge is 2.56. The second-order valence-electron chi connectivity index (χ2n) is 14.9. The number of methoxy groups -OCH3 is 1. The fourth-order valence-electron chi connectivity index (χ4n) is 7.39. The smallest absolute Gasteiger partial charge is 0.303 e. The highest BCUT2D eigenvalue weighted by atomic mass is 16.8. The van der Waals surface area contributed by atoms with Gasteiger partial charge < -0.3 is 52.1 Å². The van der Waals surface area contributed by atoms with Crippen LogP contribution in [0.3, 0.4) is 0 Å². The lowest BCUT2D eigenvalue weighted by Crippen LogP contribution is -2.67. The molecule has 0 radical (unpaired) electrons. The minimum Gasteiger partial charge on any atom is -0.463 e. The summed E-state index contributed by atoms with van der Waals surface area (Å²) in [6.07, 6.45) is -11.7. The molecule has 0 N–H and O–H groups in total. The van der Waals surface area contributed by atoms with Crippen molar-refractivity contribution in [2.45, 2.75) is 109 Å². The van der Waals surface area contributed by atoms with Gasteiger partial charge in [0.1, 0.15) is 43.2 Å². The molecule has 2 fully saturated rings. The zero-order chi connectivity index (χ0) is 44.6. The molecule has 0 aliphatic carbocycles. The molecule has 0 spiro atoms. The first-order chi connectivity index (χ1) is 30.6. The van der Waals surface area contributed by atoms with E-state index in [1.54, 1.807) is 24.3 Å². The molecule has 15 heteroatoms. The molecular weight excluding hydrogens is 815 g/mol. The van der Waals surface area contributed by atoms with Crippen molar-refractivity contribution in [2.24, 2.45) is 0 Å². The molecule has 0 amide bonds. The van der Waals surface area contributed by atoms with E-state index in [1.165, 1.54) is 27.9 Å². The maximum atomic E-state index is 12.8. The van der Waals surface area contributed by atoms with Crippen LogP contribution in [0.2, 0.25) is 0 Å². The van der Waals surface area contributed by atoms with Gasteiger partial charge in [-0.2, -0.15) is 5.26 Å². The lowest BCUT2D eigenvalue weighted by molar-refractivity contribution is -0.370. The van der Waals surface area contributed by atoms with Crippen LogP contribution in [0.15, 0.2) is 115 Å². The fourth-order valence-corrected chi connectivity index (χ4v) is 7.39. The quantitative estimate of drug-likeness (QED) is 0.0776. The zero-order valence-electron chi connectivity index (χ0n) is 35.6. The first kappa shape index (κ1) is 47.0. The van der Waals surface area contributed by atoms with Gasteiger partial charge in [-0.1, -0.05) is 109 Å². The van der Waals surface area contributed by atoms with E-state index in [1.807, 2.05) is 91.0 Å². The van der Waals surface area contributed by atoms with E-state index < -0.39 is 79.3 Å². The average Bonchev–Trinajstić information content (AvgIpc) is 3.29. The van der Waals surface area contributed by atoms with E-state index in [0.29, 0.717) is 11.1 Å². The SMILES string of the molecule is CO[C@H]1O[C@H](COC(C)=O)[C@@H](OC(C)=O)[C@H](O[C@H]2O[C@H](COCc3ccccc3)[C@@H](OCc3ccccc3)[C@H](OCc3ccccc3)[C@H]2OCc2ccccc2C#N)[C@H]1OC(C)=O. The van der Waals surface area contributed by atoms with E-state index in [2.05, 4.69) is 6.07 Å². The summed E-state index contributed by atoms with van der Waals surface area (Å²) in [5, 5.41) is 10.0. The molecule has 0 aromatic heterocycles. The minimum atomic E-state index is -1.40. The molecule has 2 heterocycles. The van der Waals surface area contributed by atoms with Crippen molar-refractivity contribution >= 4 is 17.9 Å². The molecule has 4 aromatic carbocycles. The number of hydrogen-bond donors (Lipinski definition) is 0. The Morgan fingerprint density at radius 1 is 0.540 bits per heavy atom. The second kappa shape index (κ2) is 23.8. The van der Waals surface area contributed by atoms with E-state index >= 15 is 0 Å². The molecule has 2 aliphatic heterocycles. The maximum Gasteiger partial charge on any atom is 0.303 e. The number of esters is 3. The number of ether oxygens (including phenoxy) is 11. The van der Waals surface area contributed by atoms with Crippen molar-refractivity contribution in [3.8, 4) is 6.07 Å². The number of rotatable bonds is 20. The minimum absolute atomic E-state index is 0.00626. The molecule has 6 rings (SSSR count). The van der Waals surface area contributed by atoms with Crippen LogP contribution in [-0.2, 0) is 92.9 Å². The third-order valence-corrected chi connectivity index (χ3v) is 10.3. The number of nitrogens with zero attached hydrogens (tertiary/aromatic N) is 1. The lowest BCUT2D eigenvalue weighted by Gasteiger charge is -2.49. The normalized spacial score (nSPS) is 25.6. The Hall–Kier alpha value is -5.54.